The summed E-state index contributed by atoms with van der Waals surface area (Å²) >= 11 is 0. The summed E-state index contributed by atoms with van der Waals surface area (Å²) in [5, 5.41) is 10.4. The zero-order chi connectivity index (χ0) is 15.7. The molecule has 0 atom stereocenters. The Balaban J connectivity index is 2.18. The molecule has 6 nitrogen and oxygen atoms in total. The highest BCUT2D eigenvalue weighted by molar-refractivity contribution is 6.42. The number of hydrogen-bond acceptors (Lipinski definition) is 6. The minimum absolute atomic E-state index is 0.0322. The van der Waals surface area contributed by atoms with Gasteiger partial charge in [0.1, 0.15) is 5.75 Å². The Morgan fingerprint density at radius 3 is 2.41 bits per heavy atom. The second kappa shape index (κ2) is 5.87. The second-order valence-electron chi connectivity index (χ2n) is 5.29. The van der Waals surface area contributed by atoms with Crippen molar-refractivity contribution in [1.29, 1.82) is 0 Å². The zero-order valence-corrected chi connectivity index (χ0v) is 12.4. The van der Waals surface area contributed by atoms with Crippen LogP contribution in [0.3, 0.4) is 0 Å². The molecular formula is C16H18O6. The van der Waals surface area contributed by atoms with Crippen molar-refractivity contribution < 1.29 is 28.9 Å². The van der Waals surface area contributed by atoms with E-state index in [1.807, 2.05) is 0 Å². The first-order chi connectivity index (χ1) is 10.6. The van der Waals surface area contributed by atoms with E-state index in [-0.39, 0.29) is 17.9 Å². The Morgan fingerprint density at radius 1 is 1.09 bits per heavy atom. The van der Waals surface area contributed by atoms with Crippen molar-refractivity contribution in [2.24, 2.45) is 0 Å². The van der Waals surface area contributed by atoms with Crippen LogP contribution in [0.4, 0.5) is 0 Å². The molecule has 0 unspecified atom stereocenters. The number of rotatable bonds is 3. The maximum Gasteiger partial charge on any atom is 0.379 e. The standard InChI is InChI=1S/C16H18O6/c1-2-20-16(19)13(18)11-9-5-3-8-22-15(9)12(17)10-6-4-7-21-14(10)11/h17H,2-8H2,1H3. The van der Waals surface area contributed by atoms with E-state index < -0.39 is 11.8 Å². The van der Waals surface area contributed by atoms with Gasteiger partial charge in [0.15, 0.2) is 11.5 Å². The summed E-state index contributed by atoms with van der Waals surface area (Å²) in [6, 6.07) is 0. The van der Waals surface area contributed by atoms with Crippen LogP contribution < -0.4 is 9.47 Å². The second-order valence-corrected chi connectivity index (χ2v) is 5.29. The first-order valence-electron chi connectivity index (χ1n) is 7.52. The fraction of sp³-hybridized carbons (Fsp3) is 0.500. The lowest BCUT2D eigenvalue weighted by Gasteiger charge is -2.27. The number of ketones is 1. The number of phenols is 1. The summed E-state index contributed by atoms with van der Waals surface area (Å²) in [6.07, 6.45) is 2.60. The van der Waals surface area contributed by atoms with Crippen molar-refractivity contribution in [3.8, 4) is 17.2 Å². The number of aromatic hydroxyl groups is 1. The summed E-state index contributed by atoms with van der Waals surface area (Å²) in [5.74, 6) is -0.988. The molecule has 1 aromatic carbocycles. The lowest BCUT2D eigenvalue weighted by molar-refractivity contribution is -0.137. The van der Waals surface area contributed by atoms with Crippen LogP contribution in [-0.2, 0) is 22.4 Å². The maximum absolute atomic E-state index is 12.5. The van der Waals surface area contributed by atoms with Crippen LogP contribution in [0.2, 0.25) is 0 Å². The van der Waals surface area contributed by atoms with Gasteiger partial charge in [0.05, 0.1) is 25.4 Å². The Labute approximate surface area is 128 Å². The number of esters is 1. The van der Waals surface area contributed by atoms with E-state index in [4.69, 9.17) is 14.2 Å². The van der Waals surface area contributed by atoms with Gasteiger partial charge in [-0.25, -0.2) is 4.79 Å². The van der Waals surface area contributed by atoms with E-state index >= 15 is 0 Å². The van der Waals surface area contributed by atoms with Crippen molar-refractivity contribution in [1.82, 2.24) is 0 Å². The van der Waals surface area contributed by atoms with Crippen molar-refractivity contribution in [2.45, 2.75) is 32.6 Å². The fourth-order valence-electron chi connectivity index (χ4n) is 2.96. The number of fused-ring (bicyclic) bond motifs is 2. The van der Waals surface area contributed by atoms with Gasteiger partial charge in [-0.05, 0) is 32.6 Å². The van der Waals surface area contributed by atoms with E-state index in [0.717, 1.165) is 6.42 Å². The van der Waals surface area contributed by atoms with Gasteiger partial charge in [-0.2, -0.15) is 0 Å². The molecule has 0 aromatic heterocycles. The predicted molar refractivity (Wildman–Crippen MR) is 76.7 cm³/mol. The minimum atomic E-state index is -0.905. The summed E-state index contributed by atoms with van der Waals surface area (Å²) in [5.41, 5.74) is 1.28. The number of Topliss-reactive ketones (excluding diaryl/α,β-unsaturated/α-hetero) is 1. The van der Waals surface area contributed by atoms with Gasteiger partial charge in [0.25, 0.3) is 5.78 Å². The molecule has 0 aliphatic carbocycles. The van der Waals surface area contributed by atoms with E-state index in [9.17, 15) is 14.7 Å². The average molecular weight is 306 g/mol. The molecule has 118 valence electrons. The molecule has 0 amide bonds. The molecule has 0 saturated heterocycles. The Hall–Kier alpha value is -2.24. The molecule has 1 aromatic rings. The quantitative estimate of drug-likeness (QED) is 0.521. The van der Waals surface area contributed by atoms with Crippen LogP contribution in [0.1, 0.15) is 41.3 Å². The van der Waals surface area contributed by atoms with Crippen LogP contribution >= 0.6 is 0 Å². The molecule has 3 rings (SSSR count). The van der Waals surface area contributed by atoms with Crippen molar-refractivity contribution in [3.63, 3.8) is 0 Å². The minimum Gasteiger partial charge on any atom is -0.504 e. The maximum atomic E-state index is 12.5. The molecule has 2 heterocycles. The first kappa shape index (κ1) is 14.7. The third-order valence-electron chi connectivity index (χ3n) is 3.90. The number of phenolic OH excluding ortho intramolecular Hbond substituents is 1. The van der Waals surface area contributed by atoms with Gasteiger partial charge >= 0.3 is 5.97 Å². The van der Waals surface area contributed by atoms with Gasteiger partial charge in [-0.1, -0.05) is 0 Å². The lowest BCUT2D eigenvalue weighted by Crippen LogP contribution is -2.24. The number of ether oxygens (including phenoxy) is 3. The molecule has 6 heteroatoms. The van der Waals surface area contributed by atoms with Crippen LogP contribution in [0.5, 0.6) is 17.2 Å². The van der Waals surface area contributed by atoms with Crippen molar-refractivity contribution in [2.75, 3.05) is 19.8 Å². The predicted octanol–water partition coefficient (Wildman–Crippen LogP) is 1.79. The SMILES string of the molecule is CCOC(=O)C(=O)c1c2c(c(O)c3c1OCCC3)OCCC2. The summed E-state index contributed by atoms with van der Waals surface area (Å²) in [4.78, 5) is 24.4. The monoisotopic (exact) mass is 306 g/mol. The van der Waals surface area contributed by atoms with Gasteiger partial charge in [-0.3, -0.25) is 4.79 Å². The molecule has 0 bridgehead atoms. The number of carbonyl (C=O) groups is 2. The molecule has 22 heavy (non-hydrogen) atoms. The number of carbonyl (C=O) groups excluding carboxylic acids is 2. The third kappa shape index (κ3) is 2.28. The summed E-state index contributed by atoms with van der Waals surface area (Å²) in [7, 11) is 0. The van der Waals surface area contributed by atoms with E-state index in [1.54, 1.807) is 6.92 Å². The largest absolute Gasteiger partial charge is 0.504 e. The molecule has 2 aliphatic rings. The molecular weight excluding hydrogens is 288 g/mol. The molecule has 2 aliphatic heterocycles. The Morgan fingerprint density at radius 2 is 1.73 bits per heavy atom. The fourth-order valence-corrected chi connectivity index (χ4v) is 2.96. The van der Waals surface area contributed by atoms with E-state index in [1.165, 1.54) is 0 Å². The summed E-state index contributed by atoms with van der Waals surface area (Å²) in [6.45, 7) is 2.71. The molecule has 0 radical (unpaired) electrons. The topological polar surface area (TPSA) is 82.1 Å². The van der Waals surface area contributed by atoms with Crippen LogP contribution in [0, 0.1) is 0 Å². The summed E-state index contributed by atoms with van der Waals surface area (Å²) < 4.78 is 16.0. The van der Waals surface area contributed by atoms with Gasteiger partial charge in [0, 0.05) is 11.1 Å². The average Bonchev–Trinajstić information content (AvgIpc) is 2.55. The molecule has 0 saturated carbocycles. The highest BCUT2D eigenvalue weighted by Crippen LogP contribution is 2.47. The van der Waals surface area contributed by atoms with E-state index in [0.29, 0.717) is 55.1 Å². The van der Waals surface area contributed by atoms with Crippen LogP contribution in [-0.4, -0.2) is 36.7 Å². The smallest absolute Gasteiger partial charge is 0.379 e. The van der Waals surface area contributed by atoms with Gasteiger partial charge in [-0.15, -0.1) is 0 Å². The molecule has 0 fully saturated rings. The number of hydrogen-bond donors (Lipinski definition) is 1. The normalized spacial score (nSPS) is 15.9. The number of benzene rings is 1. The first-order valence-corrected chi connectivity index (χ1v) is 7.52. The van der Waals surface area contributed by atoms with E-state index in [2.05, 4.69) is 0 Å². The highest BCUT2D eigenvalue weighted by atomic mass is 16.5. The van der Waals surface area contributed by atoms with Gasteiger partial charge in [0.2, 0.25) is 0 Å². The van der Waals surface area contributed by atoms with Crippen LogP contribution in [0.25, 0.3) is 0 Å². The third-order valence-corrected chi connectivity index (χ3v) is 3.90. The van der Waals surface area contributed by atoms with Crippen molar-refractivity contribution in [3.05, 3.63) is 16.7 Å². The zero-order valence-electron chi connectivity index (χ0n) is 12.4. The van der Waals surface area contributed by atoms with Crippen molar-refractivity contribution >= 4 is 11.8 Å². The Bertz CT molecular complexity index is 597. The van der Waals surface area contributed by atoms with Gasteiger partial charge < -0.3 is 19.3 Å². The Kier molecular flexibility index (Phi) is 3.92. The molecule has 0 spiro atoms. The lowest BCUT2D eigenvalue weighted by atomic mass is 9.90. The molecule has 1 N–H and O–H groups in total. The highest BCUT2D eigenvalue weighted by Gasteiger charge is 2.35. The van der Waals surface area contributed by atoms with Crippen LogP contribution in [0.15, 0.2) is 0 Å².